The Bertz CT molecular complexity index is 512. The molecule has 0 fully saturated rings. The molecule has 0 spiro atoms. The molecule has 1 atom stereocenters. The second-order valence-electron chi connectivity index (χ2n) is 3.84. The summed E-state index contributed by atoms with van der Waals surface area (Å²) in [6.45, 7) is 0. The van der Waals surface area contributed by atoms with Crippen LogP contribution in [0.5, 0.6) is 0 Å². The van der Waals surface area contributed by atoms with Gasteiger partial charge >= 0.3 is 0 Å². The van der Waals surface area contributed by atoms with Gasteiger partial charge in [0.2, 0.25) is 0 Å². The van der Waals surface area contributed by atoms with Crippen molar-refractivity contribution in [1.29, 1.82) is 0 Å². The molecule has 1 aliphatic rings. The van der Waals surface area contributed by atoms with Gasteiger partial charge in [-0.3, -0.25) is 4.79 Å². The van der Waals surface area contributed by atoms with Crippen LogP contribution in [0.25, 0.3) is 6.08 Å². The molecule has 1 unspecified atom stereocenters. The van der Waals surface area contributed by atoms with E-state index in [1.807, 2.05) is 36.4 Å². The van der Waals surface area contributed by atoms with Crippen LogP contribution in [0.4, 0.5) is 0 Å². The smallest absolute Gasteiger partial charge is 0.190 e. The van der Waals surface area contributed by atoms with Crippen molar-refractivity contribution in [3.05, 3.63) is 65.4 Å². The first-order valence-electron chi connectivity index (χ1n) is 5.30. The summed E-state index contributed by atoms with van der Waals surface area (Å²) in [5.74, 6) is -0.377. The molecule has 1 aromatic carbocycles. The number of rotatable bonds is 2. The van der Waals surface area contributed by atoms with Gasteiger partial charge in [0.25, 0.3) is 0 Å². The average molecular weight is 227 g/mol. The van der Waals surface area contributed by atoms with Crippen LogP contribution >= 0.6 is 0 Å². The van der Waals surface area contributed by atoms with E-state index in [1.54, 1.807) is 12.2 Å². The van der Waals surface area contributed by atoms with Gasteiger partial charge in [-0.05, 0) is 23.3 Å². The highest BCUT2D eigenvalue weighted by molar-refractivity contribution is 5.98. The van der Waals surface area contributed by atoms with Crippen molar-refractivity contribution in [3.63, 3.8) is 0 Å². The van der Waals surface area contributed by atoms with Crippen LogP contribution in [-0.2, 0) is 4.79 Å². The maximum Gasteiger partial charge on any atom is 0.190 e. The average Bonchev–Trinajstić information content (AvgIpc) is 2.34. The Morgan fingerprint density at radius 1 is 1.12 bits per heavy atom. The van der Waals surface area contributed by atoms with Gasteiger partial charge in [-0.1, -0.05) is 42.5 Å². The minimum Gasteiger partial charge on any atom is -0.400 e. The van der Waals surface area contributed by atoms with Crippen LogP contribution < -0.4 is 5.73 Å². The van der Waals surface area contributed by atoms with Crippen molar-refractivity contribution in [2.75, 3.05) is 0 Å². The fourth-order valence-corrected chi connectivity index (χ4v) is 1.57. The van der Waals surface area contributed by atoms with E-state index in [4.69, 9.17) is 5.73 Å². The summed E-state index contributed by atoms with van der Waals surface area (Å²) in [6.07, 6.45) is 5.49. The summed E-state index contributed by atoms with van der Waals surface area (Å²) in [7, 11) is 0. The fourth-order valence-electron chi connectivity index (χ4n) is 1.57. The lowest BCUT2D eigenvalue weighted by molar-refractivity contribution is -0.120. The zero-order valence-electron chi connectivity index (χ0n) is 9.21. The van der Waals surface area contributed by atoms with Gasteiger partial charge in [0, 0.05) is 5.70 Å². The number of benzene rings is 1. The van der Waals surface area contributed by atoms with E-state index in [-0.39, 0.29) is 11.5 Å². The molecule has 0 amide bonds. The zero-order chi connectivity index (χ0) is 12.3. The predicted octanol–water partition coefficient (Wildman–Crippen LogP) is 1.41. The SMILES string of the molecule is NC1=CC(C=Cc2ccccc2)=CC(=O)C1O. The normalized spacial score (nSPS) is 20.3. The molecule has 0 heterocycles. The molecule has 1 aliphatic carbocycles. The first-order valence-corrected chi connectivity index (χ1v) is 5.30. The fraction of sp³-hybridized carbons (Fsp3) is 0.0714. The molecule has 1 aromatic rings. The van der Waals surface area contributed by atoms with E-state index < -0.39 is 6.10 Å². The number of aliphatic hydroxyl groups excluding tert-OH is 1. The molecule has 0 aliphatic heterocycles. The number of allylic oxidation sites excluding steroid dienone is 3. The van der Waals surface area contributed by atoms with E-state index >= 15 is 0 Å². The molecule has 3 nitrogen and oxygen atoms in total. The second kappa shape index (κ2) is 4.80. The molecule has 0 saturated carbocycles. The minimum atomic E-state index is -1.19. The summed E-state index contributed by atoms with van der Waals surface area (Å²) in [6, 6.07) is 9.74. The summed E-state index contributed by atoms with van der Waals surface area (Å²) < 4.78 is 0. The van der Waals surface area contributed by atoms with Gasteiger partial charge in [-0.25, -0.2) is 0 Å². The van der Waals surface area contributed by atoms with E-state index in [9.17, 15) is 9.90 Å². The highest BCUT2D eigenvalue weighted by atomic mass is 16.3. The topological polar surface area (TPSA) is 63.3 Å². The lowest BCUT2D eigenvalue weighted by atomic mass is 10.00. The Morgan fingerprint density at radius 2 is 1.82 bits per heavy atom. The Morgan fingerprint density at radius 3 is 2.47 bits per heavy atom. The lowest BCUT2D eigenvalue weighted by Gasteiger charge is -2.12. The molecular formula is C14H13NO2. The van der Waals surface area contributed by atoms with Crippen molar-refractivity contribution in [3.8, 4) is 0 Å². The van der Waals surface area contributed by atoms with E-state index in [0.29, 0.717) is 5.57 Å². The first-order chi connectivity index (χ1) is 8.16. The van der Waals surface area contributed by atoms with Crippen LogP contribution in [-0.4, -0.2) is 17.0 Å². The van der Waals surface area contributed by atoms with Crippen molar-refractivity contribution in [1.82, 2.24) is 0 Å². The number of ketones is 1. The van der Waals surface area contributed by atoms with Gasteiger partial charge in [-0.15, -0.1) is 0 Å². The van der Waals surface area contributed by atoms with Crippen molar-refractivity contribution in [2.24, 2.45) is 5.73 Å². The standard InChI is InChI=1S/C14H13NO2/c15-12-8-11(9-13(16)14(12)17)7-6-10-4-2-1-3-5-10/h1-9,14,17H,15H2. The maximum absolute atomic E-state index is 11.3. The number of nitrogens with two attached hydrogens (primary N) is 1. The molecule has 0 saturated heterocycles. The highest BCUT2D eigenvalue weighted by Crippen LogP contribution is 2.14. The predicted molar refractivity (Wildman–Crippen MR) is 66.8 cm³/mol. The lowest BCUT2D eigenvalue weighted by Crippen LogP contribution is -2.28. The summed E-state index contributed by atoms with van der Waals surface area (Å²) in [5.41, 5.74) is 7.47. The van der Waals surface area contributed by atoms with Crippen LogP contribution in [0, 0.1) is 0 Å². The maximum atomic E-state index is 11.3. The zero-order valence-corrected chi connectivity index (χ0v) is 9.21. The molecule has 86 valence electrons. The van der Waals surface area contributed by atoms with Crippen LogP contribution in [0.2, 0.25) is 0 Å². The molecule has 2 rings (SSSR count). The van der Waals surface area contributed by atoms with Gasteiger partial charge in [0.15, 0.2) is 11.9 Å². The molecule has 0 radical (unpaired) electrons. The van der Waals surface area contributed by atoms with Gasteiger partial charge < -0.3 is 10.8 Å². The summed E-state index contributed by atoms with van der Waals surface area (Å²) in [4.78, 5) is 11.3. The number of hydrogen-bond donors (Lipinski definition) is 2. The third kappa shape index (κ3) is 2.71. The monoisotopic (exact) mass is 227 g/mol. The Labute approximate surface area is 99.6 Å². The van der Waals surface area contributed by atoms with E-state index in [2.05, 4.69) is 0 Å². The first kappa shape index (κ1) is 11.4. The second-order valence-corrected chi connectivity index (χ2v) is 3.84. The number of aliphatic hydroxyl groups is 1. The Kier molecular flexibility index (Phi) is 3.21. The Balaban J connectivity index is 2.18. The van der Waals surface area contributed by atoms with Crippen LogP contribution in [0.3, 0.4) is 0 Å². The Hall–Kier alpha value is -2.13. The molecule has 3 N–H and O–H groups in total. The van der Waals surface area contributed by atoms with Crippen molar-refractivity contribution < 1.29 is 9.90 Å². The van der Waals surface area contributed by atoms with E-state index in [0.717, 1.165) is 5.56 Å². The number of carbonyl (C=O) groups is 1. The highest BCUT2D eigenvalue weighted by Gasteiger charge is 2.19. The van der Waals surface area contributed by atoms with Gasteiger partial charge in [0.05, 0.1) is 0 Å². The largest absolute Gasteiger partial charge is 0.400 e. The third-order valence-electron chi connectivity index (χ3n) is 2.50. The van der Waals surface area contributed by atoms with Crippen molar-refractivity contribution in [2.45, 2.75) is 6.10 Å². The number of carbonyl (C=O) groups excluding carboxylic acids is 1. The number of hydrogen-bond acceptors (Lipinski definition) is 3. The minimum absolute atomic E-state index is 0.185. The summed E-state index contributed by atoms with van der Waals surface area (Å²) >= 11 is 0. The molecule has 17 heavy (non-hydrogen) atoms. The summed E-state index contributed by atoms with van der Waals surface area (Å²) in [5, 5.41) is 9.34. The molecule has 3 heteroatoms. The van der Waals surface area contributed by atoms with Crippen LogP contribution in [0.1, 0.15) is 5.56 Å². The molecule has 0 bridgehead atoms. The molecule has 0 aromatic heterocycles. The van der Waals surface area contributed by atoms with Crippen LogP contribution in [0.15, 0.2) is 59.8 Å². The molecular weight excluding hydrogens is 214 g/mol. The van der Waals surface area contributed by atoms with Gasteiger partial charge in [-0.2, -0.15) is 0 Å². The van der Waals surface area contributed by atoms with Crippen molar-refractivity contribution >= 4 is 11.9 Å². The van der Waals surface area contributed by atoms with Gasteiger partial charge in [0.1, 0.15) is 0 Å². The quantitative estimate of drug-likeness (QED) is 0.803. The third-order valence-corrected chi connectivity index (χ3v) is 2.50. The van der Waals surface area contributed by atoms with E-state index in [1.165, 1.54) is 6.08 Å².